The van der Waals surface area contributed by atoms with Crippen LogP contribution in [0.2, 0.25) is 0 Å². The van der Waals surface area contributed by atoms with E-state index < -0.39 is 0 Å². The molecule has 1 aromatic carbocycles. The van der Waals surface area contributed by atoms with E-state index >= 15 is 0 Å². The maximum Gasteiger partial charge on any atom is 0.315 e. The predicted octanol–water partition coefficient (Wildman–Crippen LogP) is 3.66. The Labute approximate surface area is 140 Å². The second-order valence-electron chi connectivity index (χ2n) is 8.19. The Morgan fingerprint density at radius 2 is 1.74 bits per heavy atom. The molecule has 0 aliphatic carbocycles. The highest BCUT2D eigenvalue weighted by Crippen LogP contribution is 2.28. The number of benzene rings is 1. The van der Waals surface area contributed by atoms with E-state index in [1.165, 1.54) is 5.56 Å². The van der Waals surface area contributed by atoms with Gasteiger partial charge in [-0.25, -0.2) is 4.79 Å². The molecule has 1 aromatic rings. The summed E-state index contributed by atoms with van der Waals surface area (Å²) < 4.78 is 0. The Hall–Kier alpha value is -1.55. The van der Waals surface area contributed by atoms with Crippen LogP contribution >= 0.6 is 0 Å². The van der Waals surface area contributed by atoms with Crippen molar-refractivity contribution in [3.63, 3.8) is 0 Å². The van der Waals surface area contributed by atoms with Crippen molar-refractivity contribution >= 4 is 6.03 Å². The molecule has 1 fully saturated rings. The third-order valence-corrected chi connectivity index (χ3v) is 4.53. The van der Waals surface area contributed by atoms with Gasteiger partial charge in [0.1, 0.15) is 0 Å². The zero-order valence-electron chi connectivity index (χ0n) is 15.3. The van der Waals surface area contributed by atoms with E-state index in [9.17, 15) is 4.79 Å². The second-order valence-corrected chi connectivity index (χ2v) is 8.19. The van der Waals surface area contributed by atoms with Crippen LogP contribution in [0.4, 0.5) is 4.79 Å². The van der Waals surface area contributed by atoms with Crippen LogP contribution in [0.1, 0.15) is 64.6 Å². The zero-order valence-corrected chi connectivity index (χ0v) is 15.3. The number of carbonyl (C=O) groups excluding carboxylic acids is 1. The van der Waals surface area contributed by atoms with E-state index in [1.807, 2.05) is 19.1 Å². The number of aryl methyl sites for hydroxylation is 1. The van der Waals surface area contributed by atoms with Gasteiger partial charge in [-0.05, 0) is 65.5 Å². The van der Waals surface area contributed by atoms with Crippen molar-refractivity contribution in [3.8, 4) is 0 Å². The molecule has 0 aromatic heterocycles. The van der Waals surface area contributed by atoms with E-state index in [0.29, 0.717) is 0 Å². The largest absolute Gasteiger partial charge is 0.335 e. The summed E-state index contributed by atoms with van der Waals surface area (Å²) in [5, 5.41) is 9.87. The van der Waals surface area contributed by atoms with Crippen molar-refractivity contribution in [2.75, 3.05) is 0 Å². The third kappa shape index (κ3) is 4.96. The fourth-order valence-corrected chi connectivity index (χ4v) is 4.00. The molecule has 4 heteroatoms. The Kier molecular flexibility index (Phi) is 5.04. The van der Waals surface area contributed by atoms with Crippen LogP contribution in [0.15, 0.2) is 24.3 Å². The molecular weight excluding hydrogens is 286 g/mol. The third-order valence-electron chi connectivity index (χ3n) is 4.53. The molecule has 1 heterocycles. The van der Waals surface area contributed by atoms with Gasteiger partial charge in [-0.3, -0.25) is 0 Å². The van der Waals surface area contributed by atoms with Gasteiger partial charge in [-0.15, -0.1) is 0 Å². The van der Waals surface area contributed by atoms with Crippen LogP contribution in [-0.4, -0.2) is 23.2 Å². The lowest BCUT2D eigenvalue weighted by atomic mass is 9.80. The minimum Gasteiger partial charge on any atom is -0.335 e. The summed E-state index contributed by atoms with van der Waals surface area (Å²) in [5.74, 6) is 0. The standard InChI is InChI=1S/C19H31N3O/c1-13-9-7-8-10-16(13)14(2)20-17(23)21-15-11-18(3,4)22-19(5,6)12-15/h7-10,14-15,22H,11-12H2,1-6H3,(H2,20,21,23)/t14-/m1/s1. The molecular formula is C19H31N3O. The predicted molar refractivity (Wildman–Crippen MR) is 95.6 cm³/mol. The number of hydrogen-bond donors (Lipinski definition) is 3. The van der Waals surface area contributed by atoms with Crippen LogP contribution in [0.5, 0.6) is 0 Å². The number of amides is 2. The number of urea groups is 1. The summed E-state index contributed by atoms with van der Waals surface area (Å²) in [4.78, 5) is 12.4. The Morgan fingerprint density at radius 1 is 1.17 bits per heavy atom. The highest BCUT2D eigenvalue weighted by molar-refractivity contribution is 5.74. The minimum absolute atomic E-state index is 0.000985. The number of carbonyl (C=O) groups is 1. The summed E-state index contributed by atoms with van der Waals surface area (Å²) in [7, 11) is 0. The van der Waals surface area contributed by atoms with E-state index in [1.54, 1.807) is 0 Å². The molecule has 1 aliphatic heterocycles. The first kappa shape index (κ1) is 17.8. The first-order valence-corrected chi connectivity index (χ1v) is 8.50. The summed E-state index contributed by atoms with van der Waals surface area (Å²) in [5.41, 5.74) is 2.42. The molecule has 1 aliphatic rings. The van der Waals surface area contributed by atoms with Crippen molar-refractivity contribution in [1.82, 2.24) is 16.0 Å². The number of rotatable bonds is 3. The molecule has 0 spiro atoms. The van der Waals surface area contributed by atoms with E-state index in [-0.39, 0.29) is 29.2 Å². The molecule has 2 amide bonds. The van der Waals surface area contributed by atoms with Gasteiger partial charge in [0.15, 0.2) is 0 Å². The molecule has 128 valence electrons. The highest BCUT2D eigenvalue weighted by atomic mass is 16.2. The topological polar surface area (TPSA) is 53.2 Å². The lowest BCUT2D eigenvalue weighted by Gasteiger charge is -2.46. The Morgan fingerprint density at radius 3 is 2.30 bits per heavy atom. The normalized spacial score (nSPS) is 21.5. The summed E-state index contributed by atoms with van der Waals surface area (Å²) >= 11 is 0. The molecule has 2 rings (SSSR count). The van der Waals surface area contributed by atoms with Crippen LogP contribution in [0, 0.1) is 6.92 Å². The summed E-state index contributed by atoms with van der Waals surface area (Å²) in [6, 6.07) is 8.27. The van der Waals surface area contributed by atoms with Crippen LogP contribution < -0.4 is 16.0 Å². The van der Waals surface area contributed by atoms with Gasteiger partial charge in [0.05, 0.1) is 6.04 Å². The summed E-state index contributed by atoms with van der Waals surface area (Å²) in [6.07, 6.45) is 1.87. The van der Waals surface area contributed by atoms with Crippen LogP contribution in [-0.2, 0) is 0 Å². The molecule has 0 radical (unpaired) electrons. The first-order chi connectivity index (χ1) is 10.6. The van der Waals surface area contributed by atoms with E-state index in [4.69, 9.17) is 0 Å². The van der Waals surface area contributed by atoms with Gasteiger partial charge in [0, 0.05) is 17.1 Å². The van der Waals surface area contributed by atoms with Gasteiger partial charge in [0.2, 0.25) is 0 Å². The maximum atomic E-state index is 12.4. The molecule has 23 heavy (non-hydrogen) atoms. The minimum atomic E-state index is -0.0840. The lowest BCUT2D eigenvalue weighted by Crippen LogP contribution is -2.62. The molecule has 0 unspecified atom stereocenters. The monoisotopic (exact) mass is 317 g/mol. The molecule has 4 nitrogen and oxygen atoms in total. The highest BCUT2D eigenvalue weighted by Gasteiger charge is 2.38. The Bertz CT molecular complexity index is 549. The van der Waals surface area contributed by atoms with Gasteiger partial charge in [-0.2, -0.15) is 0 Å². The average molecular weight is 317 g/mol. The van der Waals surface area contributed by atoms with Crippen LogP contribution in [0.25, 0.3) is 0 Å². The number of hydrogen-bond acceptors (Lipinski definition) is 2. The van der Waals surface area contributed by atoms with Gasteiger partial charge in [0.25, 0.3) is 0 Å². The SMILES string of the molecule is Cc1ccccc1[C@@H](C)NC(=O)NC1CC(C)(C)NC(C)(C)C1. The van der Waals surface area contributed by atoms with E-state index in [0.717, 1.165) is 18.4 Å². The maximum absolute atomic E-state index is 12.4. The molecule has 0 bridgehead atoms. The molecule has 3 N–H and O–H groups in total. The van der Waals surface area contributed by atoms with Gasteiger partial charge >= 0.3 is 6.03 Å². The fourth-order valence-electron chi connectivity index (χ4n) is 4.00. The zero-order chi connectivity index (χ0) is 17.3. The molecule has 1 saturated heterocycles. The van der Waals surface area contributed by atoms with Crippen molar-refractivity contribution in [3.05, 3.63) is 35.4 Å². The van der Waals surface area contributed by atoms with Gasteiger partial charge in [-0.1, -0.05) is 24.3 Å². The smallest absolute Gasteiger partial charge is 0.315 e. The fraction of sp³-hybridized carbons (Fsp3) is 0.632. The number of piperidine rings is 1. The van der Waals surface area contributed by atoms with Crippen molar-refractivity contribution in [1.29, 1.82) is 0 Å². The Balaban J connectivity index is 1.95. The van der Waals surface area contributed by atoms with Crippen molar-refractivity contribution in [2.45, 2.75) is 77.5 Å². The van der Waals surface area contributed by atoms with Crippen molar-refractivity contribution in [2.24, 2.45) is 0 Å². The molecule has 1 atom stereocenters. The lowest BCUT2D eigenvalue weighted by molar-refractivity contribution is 0.147. The quantitative estimate of drug-likeness (QED) is 0.797. The molecule has 0 saturated carbocycles. The average Bonchev–Trinajstić information content (AvgIpc) is 2.34. The van der Waals surface area contributed by atoms with Gasteiger partial charge < -0.3 is 16.0 Å². The van der Waals surface area contributed by atoms with Crippen LogP contribution in [0.3, 0.4) is 0 Å². The first-order valence-electron chi connectivity index (χ1n) is 8.50. The second kappa shape index (κ2) is 6.52. The number of nitrogens with one attached hydrogen (secondary N) is 3. The summed E-state index contributed by atoms with van der Waals surface area (Å²) in [6.45, 7) is 12.9. The van der Waals surface area contributed by atoms with E-state index in [2.05, 4.69) is 62.7 Å². The van der Waals surface area contributed by atoms with Crippen molar-refractivity contribution < 1.29 is 4.79 Å².